The Balaban J connectivity index is 0.00000600. The molecular formula is C30H39Cl2FN6O7S. The SMILES string of the molecule is Cl.NCCCC[C@H](NCCCCC(=O)N(C[C@H]1CN(c2ccc(N3CCOCC3=O)cc2F)C(=O)O1)C(=O)c1ccc(Cl)s1)C(N)=O. The van der Waals surface area contributed by atoms with Crippen molar-refractivity contribution >= 4 is 76.4 Å². The lowest BCUT2D eigenvalue weighted by molar-refractivity contribution is -0.129. The van der Waals surface area contributed by atoms with E-state index >= 15 is 4.39 Å². The van der Waals surface area contributed by atoms with Gasteiger partial charge < -0.3 is 31.2 Å². The number of amides is 5. The average Bonchev–Trinajstić information content (AvgIpc) is 3.63. The third kappa shape index (κ3) is 10.3. The van der Waals surface area contributed by atoms with Crippen LogP contribution in [0.1, 0.15) is 48.2 Å². The molecule has 2 aliphatic rings. The zero-order valence-electron chi connectivity index (χ0n) is 25.7. The summed E-state index contributed by atoms with van der Waals surface area (Å²) in [6.07, 6.45) is 1.31. The highest BCUT2D eigenvalue weighted by Crippen LogP contribution is 2.30. The number of halogens is 3. The molecule has 1 aromatic carbocycles. The maximum absolute atomic E-state index is 15.2. The maximum atomic E-state index is 15.2. The lowest BCUT2D eigenvalue weighted by Gasteiger charge is -2.27. The third-order valence-electron chi connectivity index (χ3n) is 7.61. The van der Waals surface area contributed by atoms with Crippen molar-refractivity contribution in [3.8, 4) is 0 Å². The summed E-state index contributed by atoms with van der Waals surface area (Å²) in [5.74, 6) is -2.57. The van der Waals surface area contributed by atoms with Crippen molar-refractivity contribution in [2.24, 2.45) is 11.5 Å². The number of morpholine rings is 1. The number of carbonyl (C=O) groups excluding carboxylic acids is 5. The summed E-state index contributed by atoms with van der Waals surface area (Å²) in [5.41, 5.74) is 11.3. The van der Waals surface area contributed by atoms with Crippen molar-refractivity contribution in [2.45, 2.75) is 50.7 Å². The molecule has 0 aliphatic carbocycles. The van der Waals surface area contributed by atoms with Gasteiger partial charge in [0.1, 0.15) is 18.5 Å². The molecule has 2 aliphatic heterocycles. The van der Waals surface area contributed by atoms with E-state index in [1.54, 1.807) is 6.07 Å². The van der Waals surface area contributed by atoms with E-state index < -0.39 is 41.8 Å². The Morgan fingerprint density at radius 3 is 2.57 bits per heavy atom. The molecule has 2 aromatic rings. The molecule has 47 heavy (non-hydrogen) atoms. The number of hydrogen-bond donors (Lipinski definition) is 3. The third-order valence-corrected chi connectivity index (χ3v) is 8.83. The van der Waals surface area contributed by atoms with Crippen molar-refractivity contribution in [1.82, 2.24) is 10.2 Å². The van der Waals surface area contributed by atoms with Gasteiger partial charge in [-0.1, -0.05) is 18.0 Å². The number of imide groups is 1. The molecular weight excluding hydrogens is 678 g/mol. The molecule has 2 saturated heterocycles. The highest BCUT2D eigenvalue weighted by Gasteiger charge is 2.38. The second kappa shape index (κ2) is 18.3. The van der Waals surface area contributed by atoms with Gasteiger partial charge in [0.25, 0.3) is 11.8 Å². The van der Waals surface area contributed by atoms with Crippen LogP contribution < -0.4 is 26.6 Å². The first-order valence-electron chi connectivity index (χ1n) is 15.1. The minimum absolute atomic E-state index is 0. The van der Waals surface area contributed by atoms with Crippen LogP contribution in [0.2, 0.25) is 4.34 Å². The Kier molecular flexibility index (Phi) is 14.8. The normalized spacial score (nSPS) is 16.9. The molecule has 5 amide bonds. The van der Waals surface area contributed by atoms with Crippen LogP contribution in [0, 0.1) is 5.82 Å². The standard InChI is InChI=1S/C30H38ClFN6O7S.ClH/c31-25-10-9-24(46-25)29(42)38(26(39)6-2-4-12-35-22(28(34)41)5-1-3-11-33)17-20-16-37(30(43)45-20)23-8-7-19(15-21(23)32)36-13-14-44-18-27(36)40;/h7-10,15,20,22,35H,1-6,11-14,16-18,33H2,(H2,34,41);1H/t20-,22+;/m1./s1. The molecule has 5 N–H and O–H groups in total. The van der Waals surface area contributed by atoms with Crippen molar-refractivity contribution in [1.29, 1.82) is 0 Å². The number of cyclic esters (lactones) is 1. The number of thiophene rings is 1. The highest BCUT2D eigenvalue weighted by atomic mass is 35.5. The molecule has 1 aromatic heterocycles. The van der Waals surface area contributed by atoms with Gasteiger partial charge in [-0.3, -0.25) is 29.0 Å². The van der Waals surface area contributed by atoms with Crippen LogP contribution in [-0.2, 0) is 23.9 Å². The fourth-order valence-electron chi connectivity index (χ4n) is 5.20. The van der Waals surface area contributed by atoms with E-state index in [4.69, 9.17) is 32.5 Å². The quantitative estimate of drug-likeness (QED) is 0.220. The number of primary amides is 1. The number of benzene rings is 1. The lowest BCUT2D eigenvalue weighted by atomic mass is 10.1. The number of hydrogen-bond acceptors (Lipinski definition) is 10. The van der Waals surface area contributed by atoms with Crippen LogP contribution >= 0.6 is 35.3 Å². The summed E-state index contributed by atoms with van der Waals surface area (Å²) >= 11 is 7.05. The van der Waals surface area contributed by atoms with E-state index in [0.29, 0.717) is 49.0 Å². The summed E-state index contributed by atoms with van der Waals surface area (Å²) in [5, 5.41) is 3.11. The van der Waals surface area contributed by atoms with Crippen LogP contribution in [0.25, 0.3) is 0 Å². The minimum Gasteiger partial charge on any atom is -0.442 e. The minimum atomic E-state index is -0.928. The molecule has 0 radical (unpaired) electrons. The number of rotatable bonds is 16. The second-order valence-electron chi connectivity index (χ2n) is 10.9. The second-order valence-corrected chi connectivity index (χ2v) is 12.6. The fourth-order valence-corrected chi connectivity index (χ4v) is 6.19. The summed E-state index contributed by atoms with van der Waals surface area (Å²) in [4.78, 5) is 67.2. The molecule has 2 fully saturated rings. The molecule has 0 spiro atoms. The first-order chi connectivity index (χ1) is 22.1. The van der Waals surface area contributed by atoms with Crippen LogP contribution in [0.3, 0.4) is 0 Å². The molecule has 4 rings (SSSR count). The maximum Gasteiger partial charge on any atom is 0.414 e. The lowest BCUT2D eigenvalue weighted by Crippen LogP contribution is -2.43. The van der Waals surface area contributed by atoms with Crippen LogP contribution in [0.4, 0.5) is 20.6 Å². The van der Waals surface area contributed by atoms with Gasteiger partial charge in [0.05, 0.1) is 40.6 Å². The van der Waals surface area contributed by atoms with E-state index in [1.807, 2.05) is 0 Å². The number of unbranched alkanes of at least 4 members (excludes halogenated alkanes) is 2. The molecule has 3 heterocycles. The van der Waals surface area contributed by atoms with E-state index in [2.05, 4.69) is 5.32 Å². The molecule has 0 saturated carbocycles. The Bertz CT molecular complexity index is 1430. The van der Waals surface area contributed by atoms with Gasteiger partial charge in [-0.2, -0.15) is 0 Å². The number of nitrogens with one attached hydrogen (secondary N) is 1. The van der Waals surface area contributed by atoms with Crippen molar-refractivity contribution in [3.05, 3.63) is 45.4 Å². The summed E-state index contributed by atoms with van der Waals surface area (Å²) in [7, 11) is 0. The molecule has 17 heteroatoms. The van der Waals surface area contributed by atoms with E-state index in [1.165, 1.54) is 29.2 Å². The molecule has 0 unspecified atom stereocenters. The molecule has 13 nitrogen and oxygen atoms in total. The van der Waals surface area contributed by atoms with E-state index in [-0.39, 0.29) is 61.5 Å². The Hall–Kier alpha value is -3.34. The van der Waals surface area contributed by atoms with Gasteiger partial charge in [-0.25, -0.2) is 9.18 Å². The van der Waals surface area contributed by atoms with Gasteiger partial charge >= 0.3 is 6.09 Å². The van der Waals surface area contributed by atoms with Crippen molar-refractivity contribution < 1.29 is 37.8 Å². The number of carbonyl (C=O) groups is 5. The fraction of sp³-hybridized carbons (Fsp3) is 0.500. The number of ether oxygens (including phenoxy) is 2. The number of anilines is 2. The Morgan fingerprint density at radius 1 is 1.13 bits per heavy atom. The molecule has 0 bridgehead atoms. The summed E-state index contributed by atoms with van der Waals surface area (Å²) < 4.78 is 26.2. The topological polar surface area (TPSA) is 178 Å². The Labute approximate surface area is 287 Å². The molecule has 258 valence electrons. The predicted octanol–water partition coefficient (Wildman–Crippen LogP) is 3.06. The van der Waals surface area contributed by atoms with Gasteiger partial charge in [0, 0.05) is 18.7 Å². The van der Waals surface area contributed by atoms with E-state index in [0.717, 1.165) is 34.0 Å². The number of nitrogens with zero attached hydrogens (tertiary/aromatic N) is 3. The van der Waals surface area contributed by atoms with Crippen LogP contribution in [0.15, 0.2) is 30.3 Å². The summed E-state index contributed by atoms with van der Waals surface area (Å²) in [6, 6.07) is 6.64. The highest BCUT2D eigenvalue weighted by molar-refractivity contribution is 7.18. The zero-order valence-corrected chi connectivity index (χ0v) is 28.0. The van der Waals surface area contributed by atoms with Crippen LogP contribution in [-0.4, -0.2) is 92.7 Å². The zero-order chi connectivity index (χ0) is 33.2. The summed E-state index contributed by atoms with van der Waals surface area (Å²) in [6.45, 7) is 1.11. The van der Waals surface area contributed by atoms with Gasteiger partial charge in [0.15, 0.2) is 0 Å². The smallest absolute Gasteiger partial charge is 0.414 e. The average molecular weight is 718 g/mol. The first-order valence-corrected chi connectivity index (χ1v) is 16.3. The molecule has 2 atom stereocenters. The van der Waals surface area contributed by atoms with E-state index in [9.17, 15) is 24.0 Å². The Morgan fingerprint density at radius 2 is 1.91 bits per heavy atom. The van der Waals surface area contributed by atoms with Crippen molar-refractivity contribution in [3.63, 3.8) is 0 Å². The van der Waals surface area contributed by atoms with Gasteiger partial charge in [-0.05, 0) is 69.1 Å². The van der Waals surface area contributed by atoms with Crippen molar-refractivity contribution in [2.75, 3.05) is 55.7 Å². The first kappa shape index (κ1) is 38.1. The predicted molar refractivity (Wildman–Crippen MR) is 178 cm³/mol. The van der Waals surface area contributed by atoms with Crippen LogP contribution in [0.5, 0.6) is 0 Å². The number of nitrogens with two attached hydrogens (primary N) is 2. The van der Waals surface area contributed by atoms with Gasteiger partial charge in [0.2, 0.25) is 11.8 Å². The monoisotopic (exact) mass is 716 g/mol. The largest absolute Gasteiger partial charge is 0.442 e. The van der Waals surface area contributed by atoms with Gasteiger partial charge in [-0.15, -0.1) is 23.7 Å².